The Morgan fingerprint density at radius 2 is 2.23 bits per heavy atom. The summed E-state index contributed by atoms with van der Waals surface area (Å²) in [5.41, 5.74) is 0. The standard InChI is InChI=1S/C8H10N2O3/c1-4-9-10-7(13-4)5-2-6(3-5)8(11)12/h5-6H,2-3H2,1H3,(H,11,12). The first kappa shape index (κ1) is 8.22. The van der Waals surface area contributed by atoms with Gasteiger partial charge in [0.15, 0.2) is 0 Å². The second-order valence-corrected chi connectivity index (χ2v) is 3.36. The number of nitrogens with zero attached hydrogens (tertiary/aromatic N) is 2. The molecule has 0 spiro atoms. The minimum atomic E-state index is -0.729. The first-order valence-corrected chi connectivity index (χ1v) is 4.19. The fourth-order valence-corrected chi connectivity index (χ4v) is 1.50. The van der Waals surface area contributed by atoms with Crippen molar-refractivity contribution >= 4 is 5.97 Å². The third-order valence-electron chi connectivity index (χ3n) is 2.38. The van der Waals surface area contributed by atoms with Gasteiger partial charge in [-0.1, -0.05) is 0 Å². The molecule has 5 nitrogen and oxygen atoms in total. The highest BCUT2D eigenvalue weighted by Crippen LogP contribution is 2.40. The lowest BCUT2D eigenvalue weighted by atomic mass is 9.75. The van der Waals surface area contributed by atoms with E-state index in [0.29, 0.717) is 24.6 Å². The van der Waals surface area contributed by atoms with Crippen molar-refractivity contribution in [3.63, 3.8) is 0 Å². The average molecular weight is 182 g/mol. The van der Waals surface area contributed by atoms with E-state index < -0.39 is 5.97 Å². The number of rotatable bonds is 2. The fraction of sp³-hybridized carbons (Fsp3) is 0.625. The zero-order chi connectivity index (χ0) is 9.42. The highest BCUT2D eigenvalue weighted by molar-refractivity contribution is 5.71. The molecule has 0 radical (unpaired) electrons. The maximum Gasteiger partial charge on any atom is 0.306 e. The predicted octanol–water partition coefficient (Wildman–Crippen LogP) is 0.956. The van der Waals surface area contributed by atoms with Crippen LogP contribution in [0.15, 0.2) is 4.42 Å². The number of hydrogen-bond donors (Lipinski definition) is 1. The van der Waals surface area contributed by atoms with Gasteiger partial charge in [0.05, 0.1) is 5.92 Å². The smallest absolute Gasteiger partial charge is 0.306 e. The summed E-state index contributed by atoms with van der Waals surface area (Å²) in [6.45, 7) is 1.73. The van der Waals surface area contributed by atoms with E-state index in [-0.39, 0.29) is 11.8 Å². The number of carbonyl (C=O) groups is 1. The lowest BCUT2D eigenvalue weighted by Crippen LogP contribution is -2.28. The van der Waals surface area contributed by atoms with Crippen molar-refractivity contribution in [2.75, 3.05) is 0 Å². The van der Waals surface area contributed by atoms with Crippen LogP contribution in [-0.2, 0) is 4.79 Å². The summed E-state index contributed by atoms with van der Waals surface area (Å²) in [5.74, 6) is 0.316. The molecule has 1 fully saturated rings. The molecule has 1 saturated carbocycles. The second-order valence-electron chi connectivity index (χ2n) is 3.36. The van der Waals surface area contributed by atoms with Crippen molar-refractivity contribution in [1.29, 1.82) is 0 Å². The van der Waals surface area contributed by atoms with Crippen molar-refractivity contribution in [2.24, 2.45) is 5.92 Å². The summed E-state index contributed by atoms with van der Waals surface area (Å²) >= 11 is 0. The molecule has 1 N–H and O–H groups in total. The van der Waals surface area contributed by atoms with E-state index in [9.17, 15) is 4.79 Å². The third-order valence-corrected chi connectivity index (χ3v) is 2.38. The topological polar surface area (TPSA) is 76.2 Å². The third kappa shape index (κ3) is 1.41. The van der Waals surface area contributed by atoms with Crippen molar-refractivity contribution < 1.29 is 14.3 Å². The largest absolute Gasteiger partial charge is 0.481 e. The maximum atomic E-state index is 10.5. The first-order chi connectivity index (χ1) is 6.16. The van der Waals surface area contributed by atoms with Crippen molar-refractivity contribution in [3.05, 3.63) is 11.8 Å². The molecule has 0 amide bonds. The minimum Gasteiger partial charge on any atom is -0.481 e. The Hall–Kier alpha value is -1.39. The molecule has 1 aromatic heterocycles. The SMILES string of the molecule is Cc1nnc(C2CC(C(=O)O)C2)o1. The molecule has 0 unspecified atom stereocenters. The van der Waals surface area contributed by atoms with Gasteiger partial charge in [-0.25, -0.2) is 0 Å². The zero-order valence-electron chi connectivity index (χ0n) is 7.23. The zero-order valence-corrected chi connectivity index (χ0v) is 7.23. The van der Waals surface area contributed by atoms with E-state index in [1.807, 2.05) is 0 Å². The molecule has 0 saturated heterocycles. The monoisotopic (exact) mass is 182 g/mol. The van der Waals surface area contributed by atoms with Gasteiger partial charge >= 0.3 is 5.97 Å². The lowest BCUT2D eigenvalue weighted by molar-refractivity contribution is -0.145. The molecule has 13 heavy (non-hydrogen) atoms. The quantitative estimate of drug-likeness (QED) is 0.737. The Morgan fingerprint density at radius 3 is 2.69 bits per heavy atom. The Morgan fingerprint density at radius 1 is 1.54 bits per heavy atom. The van der Waals surface area contributed by atoms with Gasteiger partial charge < -0.3 is 9.52 Å². The van der Waals surface area contributed by atoms with Crippen LogP contribution < -0.4 is 0 Å². The number of aliphatic carboxylic acids is 1. The van der Waals surface area contributed by atoms with E-state index in [2.05, 4.69) is 10.2 Å². The first-order valence-electron chi connectivity index (χ1n) is 4.19. The molecule has 5 heteroatoms. The van der Waals surface area contributed by atoms with Gasteiger partial charge in [0.25, 0.3) is 0 Å². The van der Waals surface area contributed by atoms with Crippen LogP contribution in [0.5, 0.6) is 0 Å². The van der Waals surface area contributed by atoms with Gasteiger partial charge in [0.1, 0.15) is 0 Å². The number of aromatic nitrogens is 2. The van der Waals surface area contributed by atoms with Crippen LogP contribution in [0.2, 0.25) is 0 Å². The van der Waals surface area contributed by atoms with Crippen LogP contribution in [-0.4, -0.2) is 21.3 Å². The van der Waals surface area contributed by atoms with Crippen molar-refractivity contribution in [3.8, 4) is 0 Å². The van der Waals surface area contributed by atoms with E-state index in [4.69, 9.17) is 9.52 Å². The van der Waals surface area contributed by atoms with Crippen LogP contribution in [0.4, 0.5) is 0 Å². The molecule has 0 bridgehead atoms. The van der Waals surface area contributed by atoms with Gasteiger partial charge in [-0.2, -0.15) is 0 Å². The molecule has 0 aromatic carbocycles. The Bertz CT molecular complexity index is 328. The van der Waals surface area contributed by atoms with Crippen LogP contribution >= 0.6 is 0 Å². The molecular formula is C8H10N2O3. The van der Waals surface area contributed by atoms with E-state index in [1.54, 1.807) is 6.92 Å². The molecule has 0 atom stereocenters. The molecular weight excluding hydrogens is 172 g/mol. The van der Waals surface area contributed by atoms with Crippen molar-refractivity contribution in [1.82, 2.24) is 10.2 Å². The summed E-state index contributed by atoms with van der Waals surface area (Å²) < 4.78 is 5.20. The Balaban J connectivity index is 1.97. The highest BCUT2D eigenvalue weighted by Gasteiger charge is 2.38. The molecule has 70 valence electrons. The van der Waals surface area contributed by atoms with Crippen LogP contribution in [0.25, 0.3) is 0 Å². The van der Waals surface area contributed by atoms with Crippen LogP contribution in [0.3, 0.4) is 0 Å². The van der Waals surface area contributed by atoms with Gasteiger partial charge in [-0.3, -0.25) is 4.79 Å². The van der Waals surface area contributed by atoms with Crippen molar-refractivity contribution in [2.45, 2.75) is 25.7 Å². The number of carboxylic acid groups (broad SMARTS) is 1. The van der Waals surface area contributed by atoms with Gasteiger partial charge in [0, 0.05) is 12.8 Å². The molecule has 1 aromatic rings. The molecule has 1 aliphatic rings. The van der Waals surface area contributed by atoms with E-state index in [1.165, 1.54) is 0 Å². The van der Waals surface area contributed by atoms with Crippen LogP contribution in [0.1, 0.15) is 30.5 Å². The summed E-state index contributed by atoms with van der Waals surface area (Å²) in [7, 11) is 0. The van der Waals surface area contributed by atoms with E-state index in [0.717, 1.165) is 0 Å². The number of aryl methyl sites for hydroxylation is 1. The summed E-state index contributed by atoms with van der Waals surface area (Å²) in [6, 6.07) is 0. The highest BCUT2D eigenvalue weighted by atomic mass is 16.4. The summed E-state index contributed by atoms with van der Waals surface area (Å²) in [4.78, 5) is 10.5. The predicted molar refractivity (Wildman–Crippen MR) is 42.1 cm³/mol. The normalized spacial score (nSPS) is 26.8. The summed E-state index contributed by atoms with van der Waals surface area (Å²) in [6.07, 6.45) is 1.24. The summed E-state index contributed by atoms with van der Waals surface area (Å²) in [5, 5.41) is 16.2. The van der Waals surface area contributed by atoms with E-state index >= 15 is 0 Å². The lowest BCUT2D eigenvalue weighted by Gasteiger charge is -2.29. The second kappa shape index (κ2) is 2.83. The average Bonchev–Trinajstić information content (AvgIpc) is 2.31. The number of carboxylic acids is 1. The Kier molecular flexibility index (Phi) is 1.79. The Labute approximate surface area is 74.8 Å². The molecule has 1 heterocycles. The molecule has 2 rings (SSSR count). The van der Waals surface area contributed by atoms with Gasteiger partial charge in [-0.15, -0.1) is 10.2 Å². The van der Waals surface area contributed by atoms with Gasteiger partial charge in [0.2, 0.25) is 11.8 Å². The van der Waals surface area contributed by atoms with Crippen LogP contribution in [0, 0.1) is 12.8 Å². The minimum absolute atomic E-state index is 0.155. The molecule has 0 aliphatic heterocycles. The fourth-order valence-electron chi connectivity index (χ4n) is 1.50. The molecule has 1 aliphatic carbocycles. The van der Waals surface area contributed by atoms with Gasteiger partial charge in [-0.05, 0) is 12.8 Å². The number of hydrogen-bond acceptors (Lipinski definition) is 4. The maximum absolute atomic E-state index is 10.5.